The van der Waals surface area contributed by atoms with E-state index in [1.165, 1.54) is 4.90 Å². The molecular formula is C33H32N6O4. The summed E-state index contributed by atoms with van der Waals surface area (Å²) in [6, 6.07) is 23.8. The van der Waals surface area contributed by atoms with Crippen LogP contribution in [0.2, 0.25) is 0 Å². The van der Waals surface area contributed by atoms with Crippen molar-refractivity contribution in [1.82, 2.24) is 14.9 Å². The highest BCUT2D eigenvalue weighted by molar-refractivity contribution is 6.00. The molecule has 1 aliphatic heterocycles. The van der Waals surface area contributed by atoms with Gasteiger partial charge in [0, 0.05) is 60.6 Å². The predicted molar refractivity (Wildman–Crippen MR) is 168 cm³/mol. The zero-order valence-corrected chi connectivity index (χ0v) is 24.3. The monoisotopic (exact) mass is 576 g/mol. The Bertz CT molecular complexity index is 1770. The van der Waals surface area contributed by atoms with Crippen LogP contribution in [0, 0.1) is 6.92 Å². The van der Waals surface area contributed by atoms with Crippen molar-refractivity contribution in [2.24, 2.45) is 0 Å². The molecule has 218 valence electrons. The number of anilines is 3. The van der Waals surface area contributed by atoms with E-state index in [0.717, 1.165) is 52.5 Å². The van der Waals surface area contributed by atoms with Crippen LogP contribution in [0.3, 0.4) is 0 Å². The average molecular weight is 577 g/mol. The van der Waals surface area contributed by atoms with Gasteiger partial charge in [-0.15, -0.1) is 0 Å². The van der Waals surface area contributed by atoms with Gasteiger partial charge in [-0.1, -0.05) is 6.07 Å². The van der Waals surface area contributed by atoms with E-state index in [0.29, 0.717) is 36.0 Å². The fourth-order valence-corrected chi connectivity index (χ4v) is 4.95. The van der Waals surface area contributed by atoms with Crippen LogP contribution >= 0.6 is 0 Å². The van der Waals surface area contributed by atoms with Gasteiger partial charge in [0.1, 0.15) is 17.3 Å². The van der Waals surface area contributed by atoms with Crippen LogP contribution in [-0.4, -0.2) is 67.2 Å². The number of furan rings is 1. The molecule has 1 saturated heterocycles. The van der Waals surface area contributed by atoms with Crippen LogP contribution in [-0.2, 0) is 4.74 Å². The molecular weight excluding hydrogens is 544 g/mol. The van der Waals surface area contributed by atoms with Crippen molar-refractivity contribution < 1.29 is 18.7 Å². The fourth-order valence-electron chi connectivity index (χ4n) is 4.95. The maximum Gasteiger partial charge on any atom is 0.323 e. The molecule has 0 bridgehead atoms. The molecule has 3 heterocycles. The van der Waals surface area contributed by atoms with Crippen molar-refractivity contribution in [3.8, 4) is 22.7 Å². The molecule has 2 N–H and O–H groups in total. The molecule has 0 atom stereocenters. The first-order valence-corrected chi connectivity index (χ1v) is 14.1. The number of benzene rings is 3. The largest absolute Gasteiger partial charge is 0.461 e. The summed E-state index contributed by atoms with van der Waals surface area (Å²) in [5, 5.41) is 6.60. The average Bonchev–Trinajstić information content (AvgIpc) is 3.47. The normalized spacial score (nSPS) is 13.1. The van der Waals surface area contributed by atoms with Crippen LogP contribution in [0.1, 0.15) is 16.1 Å². The van der Waals surface area contributed by atoms with Crippen LogP contribution in [0.5, 0.6) is 0 Å². The number of hydrogen-bond acceptors (Lipinski definition) is 7. The Morgan fingerprint density at radius 3 is 2.09 bits per heavy atom. The topological polar surface area (TPSA) is 113 Å². The van der Waals surface area contributed by atoms with Crippen LogP contribution in [0.25, 0.3) is 33.6 Å². The molecule has 43 heavy (non-hydrogen) atoms. The first-order chi connectivity index (χ1) is 20.8. The lowest BCUT2D eigenvalue weighted by molar-refractivity contribution is 0.0827. The van der Waals surface area contributed by atoms with Crippen LogP contribution < -0.4 is 15.5 Å². The SMILES string of the molecule is Cc1ccc(-c2ccc3c(N4CCOCC4)nc(-c4ccc(NC(=O)Nc5ccc(C(=O)N(C)C)cc5)cc4)nc3c2)o1. The Kier molecular flexibility index (Phi) is 7.76. The van der Waals surface area contributed by atoms with Gasteiger partial charge in [0.25, 0.3) is 5.91 Å². The lowest BCUT2D eigenvalue weighted by Crippen LogP contribution is -2.37. The van der Waals surface area contributed by atoms with E-state index in [-0.39, 0.29) is 5.91 Å². The summed E-state index contributed by atoms with van der Waals surface area (Å²) in [7, 11) is 3.39. The summed E-state index contributed by atoms with van der Waals surface area (Å²) in [5.41, 5.74) is 4.33. The van der Waals surface area contributed by atoms with Crippen LogP contribution in [0.4, 0.5) is 22.0 Å². The van der Waals surface area contributed by atoms with E-state index in [4.69, 9.17) is 19.1 Å². The van der Waals surface area contributed by atoms with Crippen molar-refractivity contribution in [1.29, 1.82) is 0 Å². The number of aryl methyl sites for hydroxylation is 1. The van der Waals surface area contributed by atoms with E-state index in [2.05, 4.69) is 21.6 Å². The molecule has 0 spiro atoms. The van der Waals surface area contributed by atoms with Crippen molar-refractivity contribution >= 4 is 40.0 Å². The zero-order chi connectivity index (χ0) is 29.9. The first-order valence-electron chi connectivity index (χ1n) is 14.1. The molecule has 3 amide bonds. The summed E-state index contributed by atoms with van der Waals surface area (Å²) < 4.78 is 11.4. The fraction of sp³-hybridized carbons (Fsp3) is 0.212. The summed E-state index contributed by atoms with van der Waals surface area (Å²) in [6.07, 6.45) is 0. The molecule has 1 aliphatic rings. The molecule has 0 radical (unpaired) electrons. The van der Waals surface area contributed by atoms with Gasteiger partial charge in [0.05, 0.1) is 18.7 Å². The van der Waals surface area contributed by atoms with E-state index < -0.39 is 6.03 Å². The number of carbonyl (C=O) groups excluding carboxylic acids is 2. The molecule has 5 aromatic rings. The third-order valence-corrected chi connectivity index (χ3v) is 7.21. The molecule has 10 heteroatoms. The van der Waals surface area contributed by atoms with E-state index >= 15 is 0 Å². The van der Waals surface area contributed by atoms with Crippen molar-refractivity contribution in [3.63, 3.8) is 0 Å². The minimum atomic E-state index is -0.392. The number of rotatable bonds is 6. The number of urea groups is 1. The Hall–Kier alpha value is -5.22. The number of fused-ring (bicyclic) bond motifs is 1. The molecule has 0 aliphatic carbocycles. The van der Waals surface area contributed by atoms with E-state index in [1.54, 1.807) is 38.4 Å². The highest BCUT2D eigenvalue weighted by Crippen LogP contribution is 2.32. The van der Waals surface area contributed by atoms with Gasteiger partial charge in [-0.2, -0.15) is 0 Å². The van der Waals surface area contributed by atoms with E-state index in [9.17, 15) is 9.59 Å². The van der Waals surface area contributed by atoms with Crippen molar-refractivity contribution in [2.45, 2.75) is 6.92 Å². The van der Waals surface area contributed by atoms with Gasteiger partial charge in [0.2, 0.25) is 0 Å². The van der Waals surface area contributed by atoms with Crippen molar-refractivity contribution in [2.75, 3.05) is 55.9 Å². The van der Waals surface area contributed by atoms with Gasteiger partial charge in [-0.25, -0.2) is 14.8 Å². The third-order valence-electron chi connectivity index (χ3n) is 7.21. The Morgan fingerprint density at radius 1 is 0.814 bits per heavy atom. The maximum absolute atomic E-state index is 12.6. The number of aromatic nitrogens is 2. The summed E-state index contributed by atoms with van der Waals surface area (Å²) in [6.45, 7) is 4.71. The molecule has 2 aromatic heterocycles. The number of amides is 3. The summed E-state index contributed by atoms with van der Waals surface area (Å²) in [4.78, 5) is 38.4. The number of carbonyl (C=O) groups is 2. The second kappa shape index (κ2) is 11.9. The second-order valence-electron chi connectivity index (χ2n) is 10.5. The van der Waals surface area contributed by atoms with Gasteiger partial charge in [-0.3, -0.25) is 4.79 Å². The standard InChI is InChI=1S/C33H32N6O4/c1-21-4-15-29(43-21)24-9-14-27-28(20-24)36-30(37-31(27)39-16-18-42-19-17-39)22-5-10-25(11-6-22)34-33(41)35-26-12-7-23(8-13-26)32(40)38(2)3/h4-15,20H,16-19H2,1-3H3,(H2,34,35,41). The van der Waals surface area contributed by atoms with Gasteiger partial charge in [-0.05, 0) is 79.7 Å². The molecule has 10 nitrogen and oxygen atoms in total. The number of nitrogens with one attached hydrogen (secondary N) is 2. The Balaban J connectivity index is 1.23. The van der Waals surface area contributed by atoms with Gasteiger partial charge < -0.3 is 29.6 Å². The minimum absolute atomic E-state index is 0.100. The minimum Gasteiger partial charge on any atom is -0.461 e. The number of nitrogens with zero attached hydrogens (tertiary/aromatic N) is 4. The van der Waals surface area contributed by atoms with Crippen LogP contribution in [0.15, 0.2) is 83.3 Å². The zero-order valence-electron chi connectivity index (χ0n) is 24.3. The highest BCUT2D eigenvalue weighted by atomic mass is 16.5. The quantitative estimate of drug-likeness (QED) is 0.253. The molecule has 1 fully saturated rings. The Labute approximate surface area is 249 Å². The molecule has 3 aromatic carbocycles. The molecule has 6 rings (SSSR count). The van der Waals surface area contributed by atoms with Gasteiger partial charge >= 0.3 is 6.03 Å². The molecule has 0 unspecified atom stereocenters. The summed E-state index contributed by atoms with van der Waals surface area (Å²) >= 11 is 0. The van der Waals surface area contributed by atoms with E-state index in [1.807, 2.05) is 55.5 Å². The highest BCUT2D eigenvalue weighted by Gasteiger charge is 2.19. The predicted octanol–water partition coefficient (Wildman–Crippen LogP) is 6.05. The summed E-state index contributed by atoms with van der Waals surface area (Å²) in [5.74, 6) is 3.00. The smallest absolute Gasteiger partial charge is 0.323 e. The van der Waals surface area contributed by atoms with Crippen molar-refractivity contribution in [3.05, 3.63) is 90.2 Å². The number of morpholine rings is 1. The third kappa shape index (κ3) is 6.19. The van der Waals surface area contributed by atoms with Gasteiger partial charge in [0.15, 0.2) is 5.82 Å². The molecule has 0 saturated carbocycles. The number of ether oxygens (including phenoxy) is 1. The Morgan fingerprint density at radius 2 is 1.47 bits per heavy atom. The maximum atomic E-state index is 12.6. The first kappa shape index (κ1) is 27.9. The lowest BCUT2D eigenvalue weighted by Gasteiger charge is -2.29. The second-order valence-corrected chi connectivity index (χ2v) is 10.5. The number of hydrogen-bond donors (Lipinski definition) is 2. The lowest BCUT2D eigenvalue weighted by atomic mass is 10.1.